The van der Waals surface area contributed by atoms with Crippen LogP contribution < -0.4 is 9.64 Å². The van der Waals surface area contributed by atoms with E-state index in [0.717, 1.165) is 67.7 Å². The number of likely N-dealkylation sites (N-methyl/N-ethyl adjacent to an activating group) is 1. The number of carbonyl (C=O) groups is 2. The maximum atomic E-state index is 13.1. The molecule has 2 fully saturated rings. The highest BCUT2D eigenvalue weighted by Crippen LogP contribution is 2.47. The SMILES string of the molecule is C=CC(=O)N1CCN(c2nc(OCC3CCCN3C)nc3c2CCC2(CC(=O)c4ccsc4C2)C3)CC1CC#N. The van der Waals surface area contributed by atoms with Gasteiger partial charge in [0.1, 0.15) is 12.4 Å². The topological polar surface area (TPSA) is 103 Å². The quantitative estimate of drug-likeness (QED) is 0.495. The number of nitrogens with zero attached hydrogens (tertiary/aromatic N) is 6. The van der Waals surface area contributed by atoms with E-state index in [9.17, 15) is 14.9 Å². The summed E-state index contributed by atoms with van der Waals surface area (Å²) < 4.78 is 6.26. The van der Waals surface area contributed by atoms with Gasteiger partial charge in [-0.25, -0.2) is 0 Å². The van der Waals surface area contributed by atoms with Crippen LogP contribution in [-0.4, -0.2) is 83.4 Å². The van der Waals surface area contributed by atoms with Crippen LogP contribution in [0, 0.1) is 16.7 Å². The van der Waals surface area contributed by atoms with Crippen molar-refractivity contribution in [2.45, 2.75) is 63.5 Å². The largest absolute Gasteiger partial charge is 0.462 e. The minimum absolute atomic E-state index is 0.130. The first-order valence-electron chi connectivity index (χ1n) is 14.3. The summed E-state index contributed by atoms with van der Waals surface area (Å²) in [7, 11) is 2.13. The van der Waals surface area contributed by atoms with E-state index in [0.29, 0.717) is 44.7 Å². The predicted octanol–water partition coefficient (Wildman–Crippen LogP) is 3.43. The maximum absolute atomic E-state index is 13.1. The summed E-state index contributed by atoms with van der Waals surface area (Å²) in [5, 5.41) is 11.5. The van der Waals surface area contributed by atoms with Gasteiger partial charge in [0, 0.05) is 48.1 Å². The third-order valence-electron chi connectivity index (χ3n) is 9.26. The van der Waals surface area contributed by atoms with Gasteiger partial charge < -0.3 is 19.4 Å². The van der Waals surface area contributed by atoms with E-state index in [1.807, 2.05) is 11.4 Å². The lowest BCUT2D eigenvalue weighted by molar-refractivity contribution is -0.128. The number of Topliss-reactive ketones (excluding diaryl/α,β-unsaturated/α-hetero) is 1. The number of hydrogen-bond acceptors (Lipinski definition) is 9. The monoisotopic (exact) mass is 560 g/mol. The number of likely N-dealkylation sites (tertiary alicyclic amines) is 1. The number of ether oxygens (including phenoxy) is 1. The minimum atomic E-state index is -0.241. The zero-order valence-electron chi connectivity index (χ0n) is 23.1. The normalized spacial score (nSPS) is 26.4. The van der Waals surface area contributed by atoms with E-state index >= 15 is 0 Å². The summed E-state index contributed by atoms with van der Waals surface area (Å²) in [4.78, 5) is 42.9. The van der Waals surface area contributed by atoms with E-state index in [-0.39, 0.29) is 29.6 Å². The fraction of sp³-hybridized carbons (Fsp3) is 0.567. The Morgan fingerprint density at radius 2 is 2.15 bits per heavy atom. The van der Waals surface area contributed by atoms with Crippen molar-refractivity contribution in [1.29, 1.82) is 5.26 Å². The van der Waals surface area contributed by atoms with Gasteiger partial charge in [0.25, 0.3) is 0 Å². The molecule has 2 aromatic rings. The molecule has 2 aromatic heterocycles. The van der Waals surface area contributed by atoms with Crippen LogP contribution >= 0.6 is 11.3 Å². The molecule has 0 aromatic carbocycles. The average Bonchev–Trinajstić information content (AvgIpc) is 3.59. The third-order valence-corrected chi connectivity index (χ3v) is 10.2. The van der Waals surface area contributed by atoms with E-state index < -0.39 is 0 Å². The van der Waals surface area contributed by atoms with E-state index in [1.165, 1.54) is 11.0 Å². The van der Waals surface area contributed by atoms with Crippen LogP contribution in [0.2, 0.25) is 0 Å². The zero-order chi connectivity index (χ0) is 27.9. The Labute approximate surface area is 239 Å². The molecular weight excluding hydrogens is 524 g/mol. The number of piperazine rings is 1. The molecule has 210 valence electrons. The van der Waals surface area contributed by atoms with Crippen molar-refractivity contribution in [1.82, 2.24) is 19.8 Å². The molecule has 4 aliphatic rings. The van der Waals surface area contributed by atoms with Crippen molar-refractivity contribution in [2.24, 2.45) is 5.41 Å². The van der Waals surface area contributed by atoms with Gasteiger partial charge in [0.05, 0.1) is 24.2 Å². The molecule has 3 unspecified atom stereocenters. The molecule has 6 rings (SSSR count). The summed E-state index contributed by atoms with van der Waals surface area (Å²) in [6, 6.07) is 4.70. The lowest BCUT2D eigenvalue weighted by atomic mass is 9.65. The number of carbonyl (C=O) groups excluding carboxylic acids is 2. The molecule has 0 saturated carbocycles. The van der Waals surface area contributed by atoms with Gasteiger partial charge in [0.15, 0.2) is 5.78 Å². The summed E-state index contributed by atoms with van der Waals surface area (Å²) in [6.45, 7) is 6.87. The Morgan fingerprint density at radius 1 is 1.27 bits per heavy atom. The van der Waals surface area contributed by atoms with Crippen molar-refractivity contribution in [3.63, 3.8) is 0 Å². The first-order valence-corrected chi connectivity index (χ1v) is 15.1. The highest BCUT2D eigenvalue weighted by molar-refractivity contribution is 7.10. The van der Waals surface area contributed by atoms with Crippen molar-refractivity contribution in [3.05, 3.63) is 45.8 Å². The summed E-state index contributed by atoms with van der Waals surface area (Å²) in [6.07, 6.45) is 7.69. The summed E-state index contributed by atoms with van der Waals surface area (Å²) in [5.41, 5.74) is 2.85. The standard InChI is InChI=1S/C30H36N6O3S/c1-3-27(38)36-13-12-35(18-20(36)7-10-31)28-22-6-9-30(16-25(37)23-8-14-40-26(23)17-30)15-24(22)32-29(33-28)39-19-21-5-4-11-34(21)2/h3,8,14,20-21H,1,4-7,9,11-13,15-19H2,2H3. The second-order valence-electron chi connectivity index (χ2n) is 11.8. The molecule has 0 radical (unpaired) electrons. The van der Waals surface area contributed by atoms with Crippen molar-refractivity contribution in [2.75, 3.05) is 44.7 Å². The maximum Gasteiger partial charge on any atom is 0.318 e. The van der Waals surface area contributed by atoms with Gasteiger partial charge in [-0.15, -0.1) is 11.3 Å². The lowest BCUT2D eigenvalue weighted by Crippen LogP contribution is -2.55. The second kappa shape index (κ2) is 10.9. The number of aromatic nitrogens is 2. The first kappa shape index (κ1) is 26.9. The van der Waals surface area contributed by atoms with E-state index in [4.69, 9.17) is 14.7 Å². The number of ketones is 1. The Morgan fingerprint density at radius 3 is 2.92 bits per heavy atom. The van der Waals surface area contributed by atoms with Crippen LogP contribution in [0.4, 0.5) is 5.82 Å². The van der Waals surface area contributed by atoms with Crippen LogP contribution in [0.15, 0.2) is 24.1 Å². The number of nitriles is 1. The number of thiophene rings is 1. The lowest BCUT2D eigenvalue weighted by Gasteiger charge is -2.43. The van der Waals surface area contributed by atoms with Gasteiger partial charge in [-0.1, -0.05) is 6.58 Å². The minimum Gasteiger partial charge on any atom is -0.462 e. The van der Waals surface area contributed by atoms with Crippen molar-refractivity contribution in [3.8, 4) is 12.1 Å². The van der Waals surface area contributed by atoms with Crippen molar-refractivity contribution < 1.29 is 14.3 Å². The molecule has 10 heteroatoms. The van der Waals surface area contributed by atoms with Crippen molar-refractivity contribution >= 4 is 28.8 Å². The number of amides is 1. The molecule has 1 amide bonds. The Balaban J connectivity index is 1.32. The van der Waals surface area contributed by atoms with Gasteiger partial charge in [-0.3, -0.25) is 9.59 Å². The van der Waals surface area contributed by atoms with Crippen LogP contribution in [-0.2, 0) is 24.1 Å². The third kappa shape index (κ3) is 5.01. The Hall–Kier alpha value is -3.29. The number of rotatable bonds is 6. The summed E-state index contributed by atoms with van der Waals surface area (Å²) >= 11 is 1.68. The van der Waals surface area contributed by atoms with Crippen LogP contribution in [0.3, 0.4) is 0 Å². The molecule has 1 spiro atoms. The second-order valence-corrected chi connectivity index (χ2v) is 12.8. The molecule has 4 heterocycles. The summed E-state index contributed by atoms with van der Waals surface area (Å²) in [5.74, 6) is 0.941. The van der Waals surface area contributed by atoms with E-state index in [1.54, 1.807) is 16.2 Å². The van der Waals surface area contributed by atoms with Gasteiger partial charge in [0.2, 0.25) is 5.91 Å². The average molecular weight is 561 g/mol. The van der Waals surface area contributed by atoms with Gasteiger partial charge >= 0.3 is 6.01 Å². The fourth-order valence-electron chi connectivity index (χ4n) is 7.02. The van der Waals surface area contributed by atoms with E-state index in [2.05, 4.69) is 29.5 Å². The van der Waals surface area contributed by atoms with Gasteiger partial charge in [-0.05, 0) is 75.1 Å². The van der Waals surface area contributed by atoms with Crippen LogP contribution in [0.25, 0.3) is 0 Å². The highest BCUT2D eigenvalue weighted by atomic mass is 32.1. The fourth-order valence-corrected chi connectivity index (χ4v) is 8.09. The molecule has 9 nitrogen and oxygen atoms in total. The molecule has 40 heavy (non-hydrogen) atoms. The van der Waals surface area contributed by atoms with Crippen LogP contribution in [0.1, 0.15) is 58.6 Å². The molecule has 3 atom stereocenters. The van der Waals surface area contributed by atoms with Crippen LogP contribution in [0.5, 0.6) is 6.01 Å². The molecule has 0 N–H and O–H groups in total. The molecular formula is C30H36N6O3S. The molecule has 2 saturated heterocycles. The number of anilines is 1. The molecule has 2 aliphatic carbocycles. The zero-order valence-corrected chi connectivity index (χ0v) is 23.9. The highest BCUT2D eigenvalue weighted by Gasteiger charge is 2.43. The Kier molecular flexibility index (Phi) is 7.36. The smallest absolute Gasteiger partial charge is 0.318 e. The number of hydrogen-bond donors (Lipinski definition) is 0. The first-order chi connectivity index (χ1) is 19.4. The number of fused-ring (bicyclic) bond motifs is 2. The predicted molar refractivity (Wildman–Crippen MR) is 153 cm³/mol. The Bertz CT molecular complexity index is 1370. The van der Waals surface area contributed by atoms with Gasteiger partial charge in [-0.2, -0.15) is 15.2 Å². The molecule has 0 bridgehead atoms. The molecule has 2 aliphatic heterocycles.